The van der Waals surface area contributed by atoms with Crippen molar-refractivity contribution in [2.45, 2.75) is 106 Å². The van der Waals surface area contributed by atoms with Crippen LogP contribution in [-0.2, 0) is 0 Å². The second-order valence-corrected chi connectivity index (χ2v) is 8.29. The molecule has 0 saturated carbocycles. The first-order valence-electron chi connectivity index (χ1n) is 8.89. The molecule has 0 rings (SSSR count). The minimum absolute atomic E-state index is 0.484. The highest BCUT2D eigenvalue weighted by molar-refractivity contribution is 4.94. The van der Waals surface area contributed by atoms with Crippen LogP contribution in [0.25, 0.3) is 0 Å². The topological polar surface area (TPSA) is 0 Å². The van der Waals surface area contributed by atoms with Crippen molar-refractivity contribution in [2.75, 3.05) is 0 Å². The highest BCUT2D eigenvalue weighted by Crippen LogP contribution is 2.35. The molecule has 0 heterocycles. The molecule has 0 spiro atoms. The van der Waals surface area contributed by atoms with Crippen LogP contribution in [0.4, 0.5) is 0 Å². The molecular formula is C20H40. The molecule has 0 unspecified atom stereocenters. The van der Waals surface area contributed by atoms with Crippen molar-refractivity contribution in [1.82, 2.24) is 0 Å². The highest BCUT2D eigenvalue weighted by atomic mass is 14.3. The van der Waals surface area contributed by atoms with Gasteiger partial charge in [0, 0.05) is 0 Å². The molecule has 0 aliphatic heterocycles. The zero-order chi connectivity index (χ0) is 15.6. The van der Waals surface area contributed by atoms with E-state index in [2.05, 4.69) is 48.1 Å². The first kappa shape index (κ1) is 19.7. The van der Waals surface area contributed by atoms with Crippen LogP contribution in [0.3, 0.4) is 0 Å². The van der Waals surface area contributed by atoms with Gasteiger partial charge in [0.1, 0.15) is 0 Å². The molecule has 0 aliphatic rings. The molecule has 0 fully saturated rings. The molecule has 0 aromatic rings. The zero-order valence-corrected chi connectivity index (χ0v) is 15.3. The molecule has 0 saturated heterocycles. The van der Waals surface area contributed by atoms with Gasteiger partial charge in [-0.2, -0.15) is 0 Å². The Balaban J connectivity index is 3.94. The van der Waals surface area contributed by atoms with Crippen LogP contribution in [0.1, 0.15) is 106 Å². The summed E-state index contributed by atoms with van der Waals surface area (Å²) < 4.78 is 0. The van der Waals surface area contributed by atoms with Gasteiger partial charge in [0.15, 0.2) is 0 Å². The van der Waals surface area contributed by atoms with E-state index in [9.17, 15) is 0 Å². The van der Waals surface area contributed by atoms with Crippen LogP contribution >= 0.6 is 0 Å². The quantitative estimate of drug-likeness (QED) is 0.324. The van der Waals surface area contributed by atoms with Gasteiger partial charge in [-0.3, -0.25) is 0 Å². The predicted octanol–water partition coefficient (Wildman–Crippen LogP) is 7.54. The monoisotopic (exact) mass is 280 g/mol. The Morgan fingerprint density at radius 1 is 0.700 bits per heavy atom. The summed E-state index contributed by atoms with van der Waals surface area (Å²) in [6, 6.07) is 0. The Morgan fingerprint density at radius 3 is 1.70 bits per heavy atom. The van der Waals surface area contributed by atoms with E-state index in [1.807, 2.05) is 0 Å². The van der Waals surface area contributed by atoms with Crippen molar-refractivity contribution in [3.05, 3.63) is 12.2 Å². The van der Waals surface area contributed by atoms with Gasteiger partial charge in [0.05, 0.1) is 0 Å². The van der Waals surface area contributed by atoms with Crippen LogP contribution in [-0.4, -0.2) is 0 Å². The first-order valence-corrected chi connectivity index (χ1v) is 8.89. The van der Waals surface area contributed by atoms with Gasteiger partial charge >= 0.3 is 0 Å². The van der Waals surface area contributed by atoms with E-state index in [0.29, 0.717) is 10.8 Å². The van der Waals surface area contributed by atoms with Crippen LogP contribution in [0.15, 0.2) is 12.2 Å². The Morgan fingerprint density at radius 2 is 1.20 bits per heavy atom. The Bertz CT molecular complexity index is 257. The minimum Gasteiger partial charge on any atom is -0.0999 e. The zero-order valence-electron chi connectivity index (χ0n) is 15.3. The number of unbranched alkanes of at least 4 members (excludes halogenated alkanes) is 1. The normalized spacial score (nSPS) is 12.7. The first-order chi connectivity index (χ1) is 9.22. The molecular weight excluding hydrogens is 240 g/mol. The van der Waals surface area contributed by atoms with Gasteiger partial charge < -0.3 is 0 Å². The smallest absolute Gasteiger partial charge is 0.0318 e. The third kappa shape index (κ3) is 10.5. The molecule has 120 valence electrons. The molecule has 0 bridgehead atoms. The lowest BCUT2D eigenvalue weighted by Crippen LogP contribution is -2.15. The van der Waals surface area contributed by atoms with Crippen molar-refractivity contribution < 1.29 is 0 Å². The van der Waals surface area contributed by atoms with Crippen molar-refractivity contribution in [3.63, 3.8) is 0 Å². The third-order valence-electron chi connectivity index (χ3n) is 4.67. The van der Waals surface area contributed by atoms with Crippen molar-refractivity contribution in [2.24, 2.45) is 10.8 Å². The average molecular weight is 281 g/mol. The Kier molecular flexibility index (Phi) is 9.51. The SMILES string of the molecule is C=C(CCC)CCC(C)(C)CCCC(C)(C)CCCC. The molecule has 0 atom stereocenters. The summed E-state index contributed by atoms with van der Waals surface area (Å²) in [5.41, 5.74) is 2.47. The van der Waals surface area contributed by atoms with Crippen LogP contribution < -0.4 is 0 Å². The molecule has 0 aliphatic carbocycles. The van der Waals surface area contributed by atoms with Gasteiger partial charge in [0.25, 0.3) is 0 Å². The van der Waals surface area contributed by atoms with Crippen LogP contribution in [0.5, 0.6) is 0 Å². The maximum atomic E-state index is 4.20. The maximum Gasteiger partial charge on any atom is -0.0318 e. The second kappa shape index (κ2) is 9.64. The Hall–Kier alpha value is -0.260. The van der Waals surface area contributed by atoms with Crippen molar-refractivity contribution in [1.29, 1.82) is 0 Å². The van der Waals surface area contributed by atoms with Crippen LogP contribution in [0.2, 0.25) is 0 Å². The van der Waals surface area contributed by atoms with Gasteiger partial charge in [-0.15, -0.1) is 0 Å². The van der Waals surface area contributed by atoms with Gasteiger partial charge in [-0.25, -0.2) is 0 Å². The lowest BCUT2D eigenvalue weighted by atomic mass is 9.77. The third-order valence-corrected chi connectivity index (χ3v) is 4.67. The highest BCUT2D eigenvalue weighted by Gasteiger charge is 2.21. The minimum atomic E-state index is 0.484. The van der Waals surface area contributed by atoms with Crippen molar-refractivity contribution >= 4 is 0 Å². The maximum absolute atomic E-state index is 4.20. The molecule has 20 heavy (non-hydrogen) atoms. The molecule has 0 radical (unpaired) electrons. The summed E-state index contributed by atoms with van der Waals surface area (Å²) >= 11 is 0. The van der Waals surface area contributed by atoms with E-state index < -0.39 is 0 Å². The number of rotatable bonds is 12. The van der Waals surface area contributed by atoms with Crippen molar-refractivity contribution in [3.8, 4) is 0 Å². The van der Waals surface area contributed by atoms with Gasteiger partial charge in [0.2, 0.25) is 0 Å². The van der Waals surface area contributed by atoms with E-state index in [1.54, 1.807) is 0 Å². The summed E-state index contributed by atoms with van der Waals surface area (Å²) in [6.45, 7) is 18.5. The predicted molar refractivity (Wildman–Crippen MR) is 94.2 cm³/mol. The fraction of sp³-hybridized carbons (Fsp3) is 0.900. The standard InChI is InChI=1S/C20H40/c1-8-10-14-19(4,5)15-11-16-20(6,7)17-13-18(3)12-9-2/h3,8-17H2,1-2,4-7H3. The second-order valence-electron chi connectivity index (χ2n) is 8.29. The summed E-state index contributed by atoms with van der Waals surface area (Å²) in [5.74, 6) is 0. The molecule has 0 aromatic heterocycles. The van der Waals surface area contributed by atoms with E-state index in [0.717, 1.165) is 0 Å². The summed E-state index contributed by atoms with van der Waals surface area (Å²) in [4.78, 5) is 0. The molecule has 0 nitrogen and oxygen atoms in total. The fourth-order valence-corrected chi connectivity index (χ4v) is 2.94. The lowest BCUT2D eigenvalue weighted by Gasteiger charge is -2.29. The Labute approximate surface area is 129 Å². The van der Waals surface area contributed by atoms with E-state index in [1.165, 1.54) is 69.8 Å². The summed E-state index contributed by atoms with van der Waals surface area (Å²) in [5, 5.41) is 0. The summed E-state index contributed by atoms with van der Waals surface area (Å²) in [7, 11) is 0. The number of hydrogen-bond acceptors (Lipinski definition) is 0. The largest absolute Gasteiger partial charge is 0.0999 e. The van der Waals surface area contributed by atoms with E-state index in [4.69, 9.17) is 0 Å². The van der Waals surface area contributed by atoms with E-state index >= 15 is 0 Å². The van der Waals surface area contributed by atoms with Gasteiger partial charge in [-0.1, -0.05) is 79.4 Å². The fourth-order valence-electron chi connectivity index (χ4n) is 2.94. The summed E-state index contributed by atoms with van der Waals surface area (Å²) in [6.07, 6.45) is 13.2. The van der Waals surface area contributed by atoms with Crippen LogP contribution in [0, 0.1) is 10.8 Å². The molecule has 0 aromatic carbocycles. The lowest BCUT2D eigenvalue weighted by molar-refractivity contribution is 0.240. The number of allylic oxidation sites excluding steroid dienone is 1. The molecule has 0 heteroatoms. The number of hydrogen-bond donors (Lipinski definition) is 0. The van der Waals surface area contributed by atoms with Gasteiger partial charge in [-0.05, 0) is 49.4 Å². The molecule has 0 amide bonds. The molecule has 0 N–H and O–H groups in total. The average Bonchev–Trinajstić information content (AvgIpc) is 2.34. The van der Waals surface area contributed by atoms with E-state index in [-0.39, 0.29) is 0 Å².